The van der Waals surface area contributed by atoms with E-state index in [4.69, 9.17) is 0 Å². The predicted molar refractivity (Wildman–Crippen MR) is 85.1 cm³/mol. The Labute approximate surface area is 131 Å². The molecule has 2 aliphatic rings. The maximum atomic E-state index is 11.7. The molecule has 0 aliphatic heterocycles. The van der Waals surface area contributed by atoms with E-state index >= 15 is 0 Å². The van der Waals surface area contributed by atoms with Crippen LogP contribution in [0.3, 0.4) is 0 Å². The zero-order valence-corrected chi connectivity index (χ0v) is 13.1. The van der Waals surface area contributed by atoms with Crippen molar-refractivity contribution in [3.63, 3.8) is 0 Å². The molecule has 0 aromatic heterocycles. The Morgan fingerprint density at radius 2 is 1.95 bits per heavy atom. The van der Waals surface area contributed by atoms with Gasteiger partial charge in [0.1, 0.15) is 5.60 Å². The van der Waals surface area contributed by atoms with Gasteiger partial charge in [0.25, 0.3) is 0 Å². The Kier molecular flexibility index (Phi) is 6.19. The Morgan fingerprint density at radius 1 is 1.14 bits per heavy atom. The van der Waals surface area contributed by atoms with Crippen LogP contribution in [-0.4, -0.2) is 35.6 Å². The fourth-order valence-corrected chi connectivity index (χ4v) is 2.92. The van der Waals surface area contributed by atoms with E-state index in [9.17, 15) is 14.7 Å². The molecule has 0 saturated heterocycles. The maximum Gasteiger partial charge on any atom is 0.309 e. The van der Waals surface area contributed by atoms with Gasteiger partial charge in [0.15, 0.2) is 0 Å². The molecular weight excluding hydrogens is 280 g/mol. The molecule has 22 heavy (non-hydrogen) atoms. The van der Waals surface area contributed by atoms with Gasteiger partial charge in [0.05, 0.1) is 6.54 Å². The van der Waals surface area contributed by atoms with Gasteiger partial charge in [-0.3, -0.25) is 9.59 Å². The smallest absolute Gasteiger partial charge is 0.309 e. The molecule has 0 saturated carbocycles. The molecule has 0 heterocycles. The highest BCUT2D eigenvalue weighted by atomic mass is 16.3. The molecule has 0 fully saturated rings. The van der Waals surface area contributed by atoms with Gasteiger partial charge in [0, 0.05) is 6.54 Å². The fourth-order valence-electron chi connectivity index (χ4n) is 2.92. The average Bonchev–Trinajstić information content (AvgIpc) is 2.54. The lowest BCUT2D eigenvalue weighted by atomic mass is 9.91. The lowest BCUT2D eigenvalue weighted by molar-refractivity contribution is -0.139. The summed E-state index contributed by atoms with van der Waals surface area (Å²) in [6, 6.07) is 0. The highest BCUT2D eigenvalue weighted by molar-refractivity contribution is 6.35. The molecule has 0 aromatic rings. The molecule has 5 heteroatoms. The molecule has 0 radical (unpaired) electrons. The van der Waals surface area contributed by atoms with Crippen molar-refractivity contribution in [2.45, 2.75) is 57.0 Å². The number of aliphatic hydroxyl groups is 1. The van der Waals surface area contributed by atoms with E-state index in [1.807, 2.05) is 6.08 Å². The second-order valence-corrected chi connectivity index (χ2v) is 6.19. The zero-order valence-electron chi connectivity index (χ0n) is 13.1. The first-order valence-electron chi connectivity index (χ1n) is 8.23. The minimum Gasteiger partial charge on any atom is -0.384 e. The molecule has 0 aromatic carbocycles. The SMILES string of the molecule is O=C(NCCC1=CCCCC1)C(=O)NCC1(O)C=CCCC1. The van der Waals surface area contributed by atoms with E-state index in [0.717, 1.165) is 32.1 Å². The van der Waals surface area contributed by atoms with Crippen molar-refractivity contribution in [3.05, 3.63) is 23.8 Å². The van der Waals surface area contributed by atoms with Crippen molar-refractivity contribution in [2.75, 3.05) is 13.1 Å². The summed E-state index contributed by atoms with van der Waals surface area (Å²) in [5.41, 5.74) is 0.356. The van der Waals surface area contributed by atoms with Gasteiger partial charge in [-0.2, -0.15) is 0 Å². The largest absolute Gasteiger partial charge is 0.384 e. The fraction of sp³-hybridized carbons (Fsp3) is 0.647. The van der Waals surface area contributed by atoms with Crippen LogP contribution in [0.1, 0.15) is 51.4 Å². The van der Waals surface area contributed by atoms with Crippen LogP contribution in [0.5, 0.6) is 0 Å². The molecule has 2 rings (SSSR count). The number of hydrogen-bond donors (Lipinski definition) is 3. The third-order valence-corrected chi connectivity index (χ3v) is 4.29. The molecule has 3 N–H and O–H groups in total. The van der Waals surface area contributed by atoms with Crippen LogP contribution in [0, 0.1) is 0 Å². The molecule has 2 aliphatic carbocycles. The first-order chi connectivity index (χ1) is 10.6. The molecule has 1 unspecified atom stereocenters. The first-order valence-corrected chi connectivity index (χ1v) is 8.23. The lowest BCUT2D eigenvalue weighted by Gasteiger charge is -2.27. The van der Waals surface area contributed by atoms with Crippen LogP contribution in [0.4, 0.5) is 0 Å². The van der Waals surface area contributed by atoms with Crippen LogP contribution in [0.25, 0.3) is 0 Å². The van der Waals surface area contributed by atoms with E-state index < -0.39 is 17.4 Å². The van der Waals surface area contributed by atoms with Crippen molar-refractivity contribution in [2.24, 2.45) is 0 Å². The zero-order chi connectivity index (χ0) is 15.8. The summed E-state index contributed by atoms with van der Waals surface area (Å²) >= 11 is 0. The van der Waals surface area contributed by atoms with Crippen LogP contribution in [0.2, 0.25) is 0 Å². The van der Waals surface area contributed by atoms with E-state index in [1.165, 1.54) is 18.4 Å². The van der Waals surface area contributed by atoms with E-state index in [-0.39, 0.29) is 6.54 Å². The van der Waals surface area contributed by atoms with Gasteiger partial charge in [-0.1, -0.05) is 23.8 Å². The Morgan fingerprint density at radius 3 is 2.64 bits per heavy atom. The molecule has 1 atom stereocenters. The molecule has 0 bridgehead atoms. The molecule has 5 nitrogen and oxygen atoms in total. The molecule has 0 spiro atoms. The monoisotopic (exact) mass is 306 g/mol. The number of amides is 2. The predicted octanol–water partition coefficient (Wildman–Crippen LogP) is 1.58. The summed E-state index contributed by atoms with van der Waals surface area (Å²) in [4.78, 5) is 23.5. The molecule has 122 valence electrons. The van der Waals surface area contributed by atoms with Crippen LogP contribution in [0.15, 0.2) is 23.8 Å². The van der Waals surface area contributed by atoms with Gasteiger partial charge < -0.3 is 15.7 Å². The van der Waals surface area contributed by atoms with Crippen LogP contribution < -0.4 is 10.6 Å². The van der Waals surface area contributed by atoms with Gasteiger partial charge >= 0.3 is 11.8 Å². The highest BCUT2D eigenvalue weighted by Gasteiger charge is 2.26. The average molecular weight is 306 g/mol. The number of carbonyl (C=O) groups is 2. The summed E-state index contributed by atoms with van der Waals surface area (Å²) in [6.07, 6.45) is 13.8. The Balaban J connectivity index is 1.66. The highest BCUT2D eigenvalue weighted by Crippen LogP contribution is 2.21. The summed E-state index contributed by atoms with van der Waals surface area (Å²) in [6.45, 7) is 0.573. The summed E-state index contributed by atoms with van der Waals surface area (Å²) in [5, 5.41) is 15.4. The van der Waals surface area contributed by atoms with Gasteiger partial charge in [0.2, 0.25) is 0 Å². The maximum absolute atomic E-state index is 11.7. The summed E-state index contributed by atoms with van der Waals surface area (Å²) in [7, 11) is 0. The third-order valence-electron chi connectivity index (χ3n) is 4.29. The quantitative estimate of drug-likeness (QED) is 0.533. The van der Waals surface area contributed by atoms with E-state index in [2.05, 4.69) is 16.7 Å². The van der Waals surface area contributed by atoms with Crippen molar-refractivity contribution >= 4 is 11.8 Å². The Bertz CT molecular complexity index is 471. The normalized spacial score (nSPS) is 24.5. The van der Waals surface area contributed by atoms with Gasteiger partial charge in [-0.25, -0.2) is 0 Å². The second-order valence-electron chi connectivity index (χ2n) is 6.19. The third kappa shape index (κ3) is 5.30. The van der Waals surface area contributed by atoms with E-state index in [1.54, 1.807) is 6.08 Å². The number of hydrogen-bond acceptors (Lipinski definition) is 3. The van der Waals surface area contributed by atoms with Crippen molar-refractivity contribution in [1.29, 1.82) is 0 Å². The lowest BCUT2D eigenvalue weighted by Crippen LogP contribution is -2.47. The Hall–Kier alpha value is -1.62. The number of allylic oxidation sites excluding steroid dienone is 2. The van der Waals surface area contributed by atoms with Crippen LogP contribution >= 0.6 is 0 Å². The minimum atomic E-state index is -1.01. The summed E-state index contributed by atoms with van der Waals surface area (Å²) in [5.74, 6) is -1.30. The molecular formula is C17H26N2O3. The van der Waals surface area contributed by atoms with Crippen LogP contribution in [-0.2, 0) is 9.59 Å². The minimum absolute atomic E-state index is 0.0842. The topological polar surface area (TPSA) is 78.4 Å². The van der Waals surface area contributed by atoms with Gasteiger partial charge in [-0.05, 0) is 51.4 Å². The number of nitrogens with one attached hydrogen (secondary N) is 2. The standard InChI is InChI=1S/C17H26N2O3/c20-15(18-12-9-14-7-3-1-4-8-14)16(21)19-13-17(22)10-5-2-6-11-17/h5,7,10,22H,1-4,6,8-9,11-13H2,(H,18,20)(H,19,21). The van der Waals surface area contributed by atoms with E-state index in [0.29, 0.717) is 13.0 Å². The van der Waals surface area contributed by atoms with Crippen molar-refractivity contribution < 1.29 is 14.7 Å². The van der Waals surface area contributed by atoms with Gasteiger partial charge in [-0.15, -0.1) is 0 Å². The van der Waals surface area contributed by atoms with Crippen molar-refractivity contribution in [1.82, 2.24) is 10.6 Å². The summed E-state index contributed by atoms with van der Waals surface area (Å²) < 4.78 is 0. The van der Waals surface area contributed by atoms with Crippen molar-refractivity contribution in [3.8, 4) is 0 Å². The molecule has 2 amide bonds. The second kappa shape index (κ2) is 8.13. The number of rotatable bonds is 5. The number of carbonyl (C=O) groups excluding carboxylic acids is 2. The first kappa shape index (κ1) is 16.7.